The third kappa shape index (κ3) is 1.42. The Balaban J connectivity index is 2.34. The lowest BCUT2D eigenvalue weighted by atomic mass is 9.98. The highest BCUT2D eigenvalue weighted by molar-refractivity contribution is 5.68. The molecule has 1 N–H and O–H groups in total. The van der Waals surface area contributed by atoms with Crippen molar-refractivity contribution in [1.82, 2.24) is 4.90 Å². The minimum absolute atomic E-state index is 0.0732. The van der Waals surface area contributed by atoms with Crippen LogP contribution in [0.1, 0.15) is 0 Å². The zero-order chi connectivity index (χ0) is 8.48. The van der Waals surface area contributed by atoms with Gasteiger partial charge >= 0.3 is 6.09 Å². The Kier molecular flexibility index (Phi) is 1.99. The molecule has 1 saturated heterocycles. The largest absolute Gasteiger partial charge is 0.453 e. The number of ether oxygens (including phenoxy) is 1. The van der Waals surface area contributed by atoms with E-state index in [9.17, 15) is 9.18 Å². The number of rotatable bonds is 1. The highest BCUT2D eigenvalue weighted by Crippen LogP contribution is 2.24. The molecule has 5 heteroatoms. The zero-order valence-electron chi connectivity index (χ0n) is 6.21. The molecule has 0 aromatic carbocycles. The summed E-state index contributed by atoms with van der Waals surface area (Å²) in [5, 5.41) is 8.46. The normalized spacial score (nSPS) is 20.8. The Morgan fingerprint density at radius 2 is 2.36 bits per heavy atom. The number of likely N-dealkylation sites (tertiary alicyclic amines) is 1. The van der Waals surface area contributed by atoms with Crippen LogP contribution in [-0.4, -0.2) is 48.6 Å². The van der Waals surface area contributed by atoms with Crippen molar-refractivity contribution in [3.05, 3.63) is 0 Å². The van der Waals surface area contributed by atoms with Crippen molar-refractivity contribution in [2.45, 2.75) is 5.67 Å². The number of nitrogens with zero attached hydrogens (tertiary/aromatic N) is 1. The number of methoxy groups -OCH3 is 1. The molecule has 1 aliphatic heterocycles. The maximum absolute atomic E-state index is 12.9. The molecule has 0 aliphatic carbocycles. The number of halogens is 1. The van der Waals surface area contributed by atoms with Gasteiger partial charge in [-0.3, -0.25) is 0 Å². The van der Waals surface area contributed by atoms with Gasteiger partial charge in [-0.15, -0.1) is 0 Å². The minimum atomic E-state index is -1.60. The van der Waals surface area contributed by atoms with Gasteiger partial charge in [0.1, 0.15) is 0 Å². The van der Waals surface area contributed by atoms with Gasteiger partial charge in [-0.2, -0.15) is 0 Å². The van der Waals surface area contributed by atoms with Crippen molar-refractivity contribution in [2.75, 3.05) is 26.8 Å². The van der Waals surface area contributed by atoms with E-state index in [-0.39, 0.29) is 13.1 Å². The molecule has 0 bridgehead atoms. The van der Waals surface area contributed by atoms with Crippen molar-refractivity contribution in [3.8, 4) is 0 Å². The topological polar surface area (TPSA) is 49.8 Å². The van der Waals surface area contributed by atoms with E-state index < -0.39 is 18.4 Å². The molecule has 0 atom stereocenters. The summed E-state index contributed by atoms with van der Waals surface area (Å²) < 4.78 is 17.2. The second kappa shape index (κ2) is 2.65. The number of aliphatic hydroxyl groups excluding tert-OH is 1. The lowest BCUT2D eigenvalue weighted by Crippen LogP contribution is -2.62. The molecule has 1 fully saturated rings. The van der Waals surface area contributed by atoms with Crippen LogP contribution in [0.15, 0.2) is 0 Å². The molecule has 64 valence electrons. The van der Waals surface area contributed by atoms with E-state index in [1.54, 1.807) is 0 Å². The summed E-state index contributed by atoms with van der Waals surface area (Å²) in [7, 11) is 1.24. The first-order valence-electron chi connectivity index (χ1n) is 3.24. The van der Waals surface area contributed by atoms with Gasteiger partial charge in [0.25, 0.3) is 0 Å². The molecule has 0 aromatic rings. The summed E-state index contributed by atoms with van der Waals surface area (Å²) >= 11 is 0. The zero-order valence-corrected chi connectivity index (χ0v) is 6.21. The predicted molar refractivity (Wildman–Crippen MR) is 34.9 cm³/mol. The van der Waals surface area contributed by atoms with E-state index in [1.807, 2.05) is 0 Å². The van der Waals surface area contributed by atoms with Crippen molar-refractivity contribution in [1.29, 1.82) is 0 Å². The smallest absolute Gasteiger partial charge is 0.409 e. The van der Waals surface area contributed by atoms with Crippen molar-refractivity contribution >= 4 is 6.09 Å². The molecule has 0 unspecified atom stereocenters. The maximum Gasteiger partial charge on any atom is 0.409 e. The summed E-state index contributed by atoms with van der Waals surface area (Å²) in [6.45, 7) is -0.688. The van der Waals surface area contributed by atoms with Crippen LogP contribution in [0, 0.1) is 0 Å². The van der Waals surface area contributed by atoms with Gasteiger partial charge in [0.05, 0.1) is 26.8 Å². The highest BCUT2D eigenvalue weighted by Gasteiger charge is 2.45. The number of carbonyl (C=O) groups excluding carboxylic acids is 1. The standard InChI is InChI=1S/C6H10FNO3/c1-11-5(10)8-2-6(7,3-8)4-9/h9H,2-4H2,1H3. The predicted octanol–water partition coefficient (Wildman–Crippen LogP) is -0.231. The number of amides is 1. The monoisotopic (exact) mass is 163 g/mol. The van der Waals surface area contributed by atoms with Crippen molar-refractivity contribution < 1.29 is 19.0 Å². The first-order chi connectivity index (χ1) is 5.11. The summed E-state index contributed by atoms with van der Waals surface area (Å²) in [5.41, 5.74) is -1.60. The van der Waals surface area contributed by atoms with Crippen LogP contribution in [0.5, 0.6) is 0 Å². The van der Waals surface area contributed by atoms with Gasteiger partial charge in [0, 0.05) is 0 Å². The van der Waals surface area contributed by atoms with E-state index in [0.717, 1.165) is 0 Å². The molecule has 11 heavy (non-hydrogen) atoms. The number of carbonyl (C=O) groups is 1. The lowest BCUT2D eigenvalue weighted by molar-refractivity contribution is -0.0569. The van der Waals surface area contributed by atoms with E-state index >= 15 is 0 Å². The van der Waals surface area contributed by atoms with Crippen LogP contribution in [0.4, 0.5) is 9.18 Å². The molecular formula is C6H10FNO3. The number of alkyl halides is 1. The van der Waals surface area contributed by atoms with Crippen LogP contribution in [0.25, 0.3) is 0 Å². The fourth-order valence-electron chi connectivity index (χ4n) is 0.996. The lowest BCUT2D eigenvalue weighted by Gasteiger charge is -2.41. The highest BCUT2D eigenvalue weighted by atomic mass is 19.1. The average molecular weight is 163 g/mol. The Morgan fingerprint density at radius 1 is 1.82 bits per heavy atom. The Morgan fingerprint density at radius 3 is 2.73 bits per heavy atom. The van der Waals surface area contributed by atoms with Crippen LogP contribution in [0.3, 0.4) is 0 Å². The van der Waals surface area contributed by atoms with Gasteiger partial charge in [0.2, 0.25) is 0 Å². The van der Waals surface area contributed by atoms with Gasteiger partial charge < -0.3 is 14.7 Å². The number of aliphatic hydroxyl groups is 1. The van der Waals surface area contributed by atoms with Crippen molar-refractivity contribution in [2.24, 2.45) is 0 Å². The average Bonchev–Trinajstić information content (AvgIpc) is 1.97. The second-order valence-electron chi connectivity index (χ2n) is 2.64. The first kappa shape index (κ1) is 8.26. The van der Waals surface area contributed by atoms with Crippen LogP contribution in [-0.2, 0) is 4.74 Å². The SMILES string of the molecule is COC(=O)N1CC(F)(CO)C1. The third-order valence-electron chi connectivity index (χ3n) is 1.66. The molecule has 1 rings (SSSR count). The molecule has 0 saturated carbocycles. The van der Waals surface area contributed by atoms with Gasteiger partial charge in [0.15, 0.2) is 5.67 Å². The van der Waals surface area contributed by atoms with E-state index in [0.29, 0.717) is 0 Å². The summed E-state index contributed by atoms with van der Waals surface area (Å²) in [6, 6.07) is 0. The Bertz CT molecular complexity index is 167. The number of hydrogen-bond acceptors (Lipinski definition) is 3. The van der Waals surface area contributed by atoms with Crippen LogP contribution >= 0.6 is 0 Å². The molecular weight excluding hydrogens is 153 g/mol. The second-order valence-corrected chi connectivity index (χ2v) is 2.64. The molecule has 4 nitrogen and oxygen atoms in total. The minimum Gasteiger partial charge on any atom is -0.453 e. The summed E-state index contributed by atoms with van der Waals surface area (Å²) in [6.07, 6.45) is -0.549. The molecule has 0 radical (unpaired) electrons. The Hall–Kier alpha value is -0.840. The van der Waals surface area contributed by atoms with E-state index in [4.69, 9.17) is 5.11 Å². The van der Waals surface area contributed by atoms with Gasteiger partial charge in [-0.1, -0.05) is 0 Å². The first-order valence-corrected chi connectivity index (χ1v) is 3.24. The summed E-state index contributed by atoms with van der Waals surface area (Å²) in [4.78, 5) is 11.8. The van der Waals surface area contributed by atoms with E-state index in [1.165, 1.54) is 12.0 Å². The van der Waals surface area contributed by atoms with Crippen LogP contribution < -0.4 is 0 Å². The quantitative estimate of drug-likeness (QED) is 0.580. The fraction of sp³-hybridized carbons (Fsp3) is 0.833. The molecule has 1 aliphatic rings. The molecule has 0 spiro atoms. The molecule has 1 amide bonds. The molecule has 0 aromatic heterocycles. The van der Waals surface area contributed by atoms with E-state index in [2.05, 4.69) is 4.74 Å². The summed E-state index contributed by atoms with van der Waals surface area (Å²) in [5.74, 6) is 0. The fourth-order valence-corrected chi connectivity index (χ4v) is 0.996. The molecule has 1 heterocycles. The Labute approximate surface area is 63.6 Å². The third-order valence-corrected chi connectivity index (χ3v) is 1.66. The van der Waals surface area contributed by atoms with Gasteiger partial charge in [-0.05, 0) is 0 Å². The maximum atomic E-state index is 12.9. The number of hydrogen-bond donors (Lipinski definition) is 1. The van der Waals surface area contributed by atoms with Crippen molar-refractivity contribution in [3.63, 3.8) is 0 Å². The van der Waals surface area contributed by atoms with Gasteiger partial charge in [-0.25, -0.2) is 9.18 Å². The van der Waals surface area contributed by atoms with Crippen LogP contribution in [0.2, 0.25) is 0 Å².